The molecule has 330 valence electrons. The maximum atomic E-state index is 11.6. The topological polar surface area (TPSA) is 225 Å². The molecule has 6 heterocycles. The number of H-pyrrole nitrogens is 2. The van der Waals surface area contributed by atoms with Crippen LogP contribution in [0.5, 0.6) is 11.5 Å². The van der Waals surface area contributed by atoms with Crippen molar-refractivity contribution in [2.45, 2.75) is 82.8 Å². The summed E-state index contributed by atoms with van der Waals surface area (Å²) in [5, 5.41) is 37.5. The first-order chi connectivity index (χ1) is 29.1. The summed E-state index contributed by atoms with van der Waals surface area (Å²) < 4.78 is 24.7. The number of nitrogens with one attached hydrogen (secondary N) is 2. The van der Waals surface area contributed by atoms with Gasteiger partial charge >= 0.3 is 0 Å². The van der Waals surface area contributed by atoms with Crippen LogP contribution in [0.3, 0.4) is 0 Å². The summed E-state index contributed by atoms with van der Waals surface area (Å²) in [6.45, 7) is 1.70. The monoisotopic (exact) mass is 872 g/mol. The number of benzene rings is 3. The number of methoxy groups -OCH3 is 2. The smallest absolute Gasteiger partial charge is 0.261 e. The molecule has 17 nitrogen and oxygen atoms in total. The van der Waals surface area contributed by atoms with Gasteiger partial charge in [0.1, 0.15) is 33.2 Å². The van der Waals surface area contributed by atoms with E-state index in [0.29, 0.717) is 34.9 Å². The van der Waals surface area contributed by atoms with Gasteiger partial charge < -0.3 is 44.2 Å². The molecule has 0 radical (unpaired) electrons. The third kappa shape index (κ3) is 9.57. The van der Waals surface area contributed by atoms with Gasteiger partial charge in [-0.05, 0) is 47.4 Å². The number of nitrogens with zero attached hydrogens (tertiary/aromatic N) is 6. The summed E-state index contributed by atoms with van der Waals surface area (Å²) in [5.41, 5.74) is 3.37. The predicted octanol–water partition coefficient (Wildman–Crippen LogP) is 5.45. The average Bonchev–Trinajstić information content (AvgIpc) is 4.09. The van der Waals surface area contributed by atoms with Gasteiger partial charge in [-0.3, -0.25) is 9.59 Å². The van der Waals surface area contributed by atoms with Gasteiger partial charge in [0.15, 0.2) is 23.8 Å². The lowest BCUT2D eigenvalue weighted by atomic mass is 9.84. The standard InChI is InChI=1S/C21H19ClO2.C11H14N4O3.C10H12N4O4.2CH4/c1-23-19-12-8-17(9-13-19)21(22,16-6-4-3-5-7-16)18-10-14-20(24-2)15-11-18;1-2-8-7(16)3-9(18-8)15-10-6(4-14-15)11(17)13-5-12-10;15-3-7-6(16)1-8(18-7)14-9-5(2-13-14)10(17)12-4-11-9;;/h3-15H,1-2H3;4-5,7-9,16H,2-3H2,1H3,(H,12,13,17);2,4,6-8,15-16H,1,3H2,(H,11,12,17);2*1H4/t;7-,8+,9+;6-,7+,8+;;/m.00../s1. The van der Waals surface area contributed by atoms with E-state index in [2.05, 4.69) is 30.1 Å². The van der Waals surface area contributed by atoms with E-state index in [1.165, 1.54) is 29.7 Å². The normalized spacial score (nSPS) is 20.6. The van der Waals surface area contributed by atoms with Gasteiger partial charge in [-0.1, -0.05) is 76.4 Å². The first-order valence-corrected chi connectivity index (χ1v) is 19.6. The summed E-state index contributed by atoms with van der Waals surface area (Å²) in [6.07, 6.45) is 4.06. The number of halogens is 1. The van der Waals surface area contributed by atoms with E-state index in [1.807, 2.05) is 85.8 Å². The molecule has 2 fully saturated rings. The van der Waals surface area contributed by atoms with Crippen molar-refractivity contribution < 1.29 is 34.3 Å². The first-order valence-electron chi connectivity index (χ1n) is 19.2. The Hall–Kier alpha value is -5.95. The largest absolute Gasteiger partial charge is 0.497 e. The Morgan fingerprint density at radius 2 is 1.13 bits per heavy atom. The van der Waals surface area contributed by atoms with E-state index in [-0.39, 0.29) is 44.9 Å². The molecule has 7 aromatic rings. The Kier molecular flexibility index (Phi) is 15.8. The lowest BCUT2D eigenvalue weighted by molar-refractivity contribution is -0.0470. The Bertz CT molecular complexity index is 2440. The van der Waals surface area contributed by atoms with Crippen LogP contribution in [0.1, 0.15) is 70.2 Å². The quantitative estimate of drug-likeness (QED) is 0.0901. The number of aromatic amines is 2. The molecule has 5 N–H and O–H groups in total. The van der Waals surface area contributed by atoms with Crippen LogP contribution in [-0.4, -0.2) is 100 Å². The van der Waals surface area contributed by atoms with Crippen LogP contribution in [-0.2, 0) is 14.3 Å². The third-order valence-corrected chi connectivity index (χ3v) is 11.1. The lowest BCUT2D eigenvalue weighted by Crippen LogP contribution is -2.24. The van der Waals surface area contributed by atoms with Crippen LogP contribution in [0, 0.1) is 0 Å². The minimum absolute atomic E-state index is 0. The molecule has 0 aliphatic carbocycles. The molecule has 0 amide bonds. The zero-order valence-corrected chi connectivity index (χ0v) is 33.7. The Labute approximate surface area is 362 Å². The maximum Gasteiger partial charge on any atom is 0.261 e. The predicted molar refractivity (Wildman–Crippen MR) is 234 cm³/mol. The summed E-state index contributed by atoms with van der Waals surface area (Å²) in [5.74, 6) is 1.61. The lowest BCUT2D eigenvalue weighted by Gasteiger charge is -2.29. The summed E-state index contributed by atoms with van der Waals surface area (Å²) in [7, 11) is 3.31. The second-order valence-corrected chi connectivity index (χ2v) is 14.6. The Morgan fingerprint density at radius 1 is 0.710 bits per heavy atom. The minimum atomic E-state index is -0.778. The fourth-order valence-electron chi connectivity index (χ4n) is 7.24. The second-order valence-electron chi connectivity index (χ2n) is 14.1. The van der Waals surface area contributed by atoms with Crippen molar-refractivity contribution in [1.82, 2.24) is 39.5 Å². The highest BCUT2D eigenvalue weighted by atomic mass is 35.5. The summed E-state index contributed by atoms with van der Waals surface area (Å²) in [4.78, 5) is 35.4. The fourth-order valence-corrected chi connectivity index (χ4v) is 7.62. The Balaban J connectivity index is 0.000000175. The van der Waals surface area contributed by atoms with Crippen LogP contribution >= 0.6 is 11.6 Å². The van der Waals surface area contributed by atoms with Crippen molar-refractivity contribution in [3.8, 4) is 11.5 Å². The molecular weight excluding hydrogens is 820 g/mol. The molecule has 4 aromatic heterocycles. The molecule has 9 rings (SSSR count). The maximum absolute atomic E-state index is 11.6. The molecule has 2 saturated heterocycles. The molecule has 6 atom stereocenters. The number of aliphatic hydroxyl groups excluding tert-OH is 3. The molecule has 0 spiro atoms. The number of alkyl halides is 1. The minimum Gasteiger partial charge on any atom is -0.497 e. The van der Waals surface area contributed by atoms with Crippen LogP contribution in [0.25, 0.3) is 22.1 Å². The molecule has 2 aliphatic rings. The molecule has 18 heteroatoms. The zero-order chi connectivity index (χ0) is 42.4. The average molecular weight is 873 g/mol. The highest BCUT2D eigenvalue weighted by Gasteiger charge is 2.37. The Morgan fingerprint density at radius 3 is 1.52 bits per heavy atom. The van der Waals surface area contributed by atoms with Crippen molar-refractivity contribution in [1.29, 1.82) is 0 Å². The highest BCUT2D eigenvalue weighted by molar-refractivity contribution is 6.28. The van der Waals surface area contributed by atoms with Crippen molar-refractivity contribution in [3.63, 3.8) is 0 Å². The van der Waals surface area contributed by atoms with E-state index < -0.39 is 29.4 Å². The van der Waals surface area contributed by atoms with Crippen LogP contribution in [0.4, 0.5) is 0 Å². The number of aromatic nitrogens is 8. The van der Waals surface area contributed by atoms with E-state index in [9.17, 15) is 19.8 Å². The molecule has 0 bridgehead atoms. The first kappa shape index (κ1) is 47.1. The molecule has 2 aliphatic heterocycles. The number of rotatable bonds is 9. The van der Waals surface area contributed by atoms with Gasteiger partial charge in [-0.25, -0.2) is 19.3 Å². The van der Waals surface area contributed by atoms with Gasteiger partial charge in [0, 0.05) is 12.8 Å². The van der Waals surface area contributed by atoms with E-state index in [4.69, 9.17) is 35.7 Å². The van der Waals surface area contributed by atoms with Crippen LogP contribution < -0.4 is 20.6 Å². The zero-order valence-electron chi connectivity index (χ0n) is 33.0. The van der Waals surface area contributed by atoms with Crippen LogP contribution in [0.2, 0.25) is 0 Å². The van der Waals surface area contributed by atoms with E-state index >= 15 is 0 Å². The molecular formula is C44H53ClN8O9. The fraction of sp³-hybridized carbons (Fsp3) is 0.364. The number of fused-ring (bicyclic) bond motifs is 2. The van der Waals surface area contributed by atoms with Gasteiger partial charge in [0.25, 0.3) is 11.1 Å². The molecule has 0 unspecified atom stereocenters. The van der Waals surface area contributed by atoms with Crippen molar-refractivity contribution >= 4 is 33.7 Å². The van der Waals surface area contributed by atoms with E-state index in [1.54, 1.807) is 18.9 Å². The van der Waals surface area contributed by atoms with Crippen LogP contribution in [0.15, 0.2) is 114 Å². The van der Waals surface area contributed by atoms with Gasteiger partial charge in [0.05, 0.1) is 64.2 Å². The van der Waals surface area contributed by atoms with Gasteiger partial charge in [-0.2, -0.15) is 10.2 Å². The second kappa shape index (κ2) is 20.7. The number of hydrogen-bond acceptors (Lipinski definition) is 13. The number of hydrogen-bond donors (Lipinski definition) is 5. The summed E-state index contributed by atoms with van der Waals surface area (Å²) in [6, 6.07) is 25.8. The number of ether oxygens (including phenoxy) is 4. The van der Waals surface area contributed by atoms with Gasteiger partial charge in [-0.15, -0.1) is 11.6 Å². The van der Waals surface area contributed by atoms with Gasteiger partial charge in [0.2, 0.25) is 0 Å². The number of aliphatic hydroxyl groups is 3. The van der Waals surface area contributed by atoms with Crippen molar-refractivity contribution in [2.75, 3.05) is 20.8 Å². The van der Waals surface area contributed by atoms with E-state index in [0.717, 1.165) is 34.6 Å². The molecule has 62 heavy (non-hydrogen) atoms. The van der Waals surface area contributed by atoms with Crippen molar-refractivity contribution in [3.05, 3.63) is 141 Å². The molecule has 0 saturated carbocycles. The summed E-state index contributed by atoms with van der Waals surface area (Å²) >= 11 is 7.22. The SMILES string of the molecule is C.C.CC[C@H]1O[C@@H](n2ncc3c(=O)[nH]cnc32)C[C@@H]1O.COc1ccc(C(Cl)(c2ccccc2)c2ccc(OC)cc2)cc1.O=c1[nH]cnc2c1cnn2[C@H]1C[C@H](O)[C@@H](CO)O1. The molecule has 3 aromatic carbocycles. The third-order valence-electron chi connectivity index (χ3n) is 10.5. The van der Waals surface area contributed by atoms with Crippen molar-refractivity contribution in [2.24, 2.45) is 0 Å². The highest BCUT2D eigenvalue weighted by Crippen LogP contribution is 2.44.